The normalized spacial score (nSPS) is 13.2. The molecule has 2 aromatic rings. The van der Waals surface area contributed by atoms with E-state index in [0.29, 0.717) is 5.69 Å². The van der Waals surface area contributed by atoms with Gasteiger partial charge in [0.25, 0.3) is 0 Å². The van der Waals surface area contributed by atoms with E-state index in [2.05, 4.69) is 21.2 Å². The second-order valence-electron chi connectivity index (χ2n) is 7.75. The first kappa shape index (κ1) is 25.9. The highest BCUT2D eigenvalue weighted by molar-refractivity contribution is 9.10. The quantitative estimate of drug-likeness (QED) is 0.515. The van der Waals surface area contributed by atoms with Gasteiger partial charge in [0.15, 0.2) is 0 Å². The number of benzene rings is 2. The Morgan fingerprint density at radius 2 is 1.62 bits per heavy atom. The second kappa shape index (κ2) is 11.5. The van der Waals surface area contributed by atoms with Crippen molar-refractivity contribution >= 4 is 43.5 Å². The molecule has 0 aliphatic carbocycles. The maximum absolute atomic E-state index is 13.4. The molecule has 0 fully saturated rings. The Balaban J connectivity index is 2.34. The zero-order valence-electron chi connectivity index (χ0n) is 18.8. The largest absolute Gasteiger partial charge is 0.352 e. The van der Waals surface area contributed by atoms with Crippen LogP contribution in [0.5, 0.6) is 0 Å². The Labute approximate surface area is 199 Å². The van der Waals surface area contributed by atoms with Gasteiger partial charge < -0.3 is 10.2 Å². The van der Waals surface area contributed by atoms with Crippen molar-refractivity contribution in [2.24, 2.45) is 0 Å². The van der Waals surface area contributed by atoms with Crippen LogP contribution in [0, 0.1) is 0 Å². The fourth-order valence-electron chi connectivity index (χ4n) is 3.05. The molecule has 32 heavy (non-hydrogen) atoms. The molecule has 2 atom stereocenters. The summed E-state index contributed by atoms with van der Waals surface area (Å²) in [5.41, 5.74) is 1.22. The summed E-state index contributed by atoms with van der Waals surface area (Å²) in [5, 5.41) is 2.90. The minimum Gasteiger partial charge on any atom is -0.352 e. The van der Waals surface area contributed by atoms with Crippen molar-refractivity contribution < 1.29 is 18.0 Å². The van der Waals surface area contributed by atoms with Crippen LogP contribution in [0.1, 0.15) is 32.8 Å². The van der Waals surface area contributed by atoms with E-state index in [1.807, 2.05) is 44.2 Å². The summed E-state index contributed by atoms with van der Waals surface area (Å²) in [7, 11) is -3.73. The molecule has 0 aromatic heterocycles. The van der Waals surface area contributed by atoms with Gasteiger partial charge in [-0.1, -0.05) is 53.2 Å². The lowest BCUT2D eigenvalue weighted by molar-refractivity contribution is -0.139. The summed E-state index contributed by atoms with van der Waals surface area (Å²) < 4.78 is 26.8. The molecule has 0 bridgehead atoms. The molecule has 0 spiro atoms. The van der Waals surface area contributed by atoms with E-state index in [-0.39, 0.29) is 18.5 Å². The third kappa shape index (κ3) is 7.34. The molecule has 0 saturated heterocycles. The first-order valence-electron chi connectivity index (χ1n) is 10.4. The maximum Gasteiger partial charge on any atom is 0.244 e. The van der Waals surface area contributed by atoms with Gasteiger partial charge in [0.1, 0.15) is 12.6 Å². The average Bonchev–Trinajstić information content (AvgIpc) is 2.75. The Morgan fingerprint density at radius 3 is 2.16 bits per heavy atom. The van der Waals surface area contributed by atoms with Gasteiger partial charge in [-0.15, -0.1) is 0 Å². The molecule has 1 N–H and O–H groups in total. The first-order valence-corrected chi connectivity index (χ1v) is 13.0. The van der Waals surface area contributed by atoms with Crippen molar-refractivity contribution in [3.05, 3.63) is 64.6 Å². The number of halogens is 1. The summed E-state index contributed by atoms with van der Waals surface area (Å²) in [6.45, 7) is 5.29. The lowest BCUT2D eigenvalue weighted by atomic mass is 10.1. The van der Waals surface area contributed by atoms with Crippen LogP contribution in [0.15, 0.2) is 59.1 Å². The van der Waals surface area contributed by atoms with Gasteiger partial charge in [-0.3, -0.25) is 13.9 Å². The van der Waals surface area contributed by atoms with Gasteiger partial charge in [-0.05, 0) is 50.1 Å². The second-order valence-corrected chi connectivity index (χ2v) is 10.6. The number of anilines is 1. The van der Waals surface area contributed by atoms with Crippen LogP contribution in [-0.4, -0.2) is 50.0 Å². The lowest BCUT2D eigenvalue weighted by Crippen LogP contribution is -2.52. The molecule has 0 aliphatic heterocycles. The van der Waals surface area contributed by atoms with Crippen LogP contribution in [0.25, 0.3) is 0 Å². The van der Waals surface area contributed by atoms with Crippen LogP contribution in [0.4, 0.5) is 5.69 Å². The van der Waals surface area contributed by atoms with Crippen molar-refractivity contribution in [1.82, 2.24) is 10.2 Å². The Kier molecular flexibility index (Phi) is 9.27. The lowest BCUT2D eigenvalue weighted by Gasteiger charge is -2.32. The number of rotatable bonds is 10. The summed E-state index contributed by atoms with van der Waals surface area (Å²) in [4.78, 5) is 27.6. The number of nitrogens with zero attached hydrogens (tertiary/aromatic N) is 2. The zero-order chi connectivity index (χ0) is 23.9. The Hall–Kier alpha value is -2.39. The molecular weight excluding hydrogens is 494 g/mol. The van der Waals surface area contributed by atoms with Gasteiger partial charge in [-0.2, -0.15) is 0 Å². The molecule has 0 saturated carbocycles. The molecule has 2 aromatic carbocycles. The number of hydrogen-bond acceptors (Lipinski definition) is 4. The van der Waals surface area contributed by atoms with E-state index >= 15 is 0 Å². The van der Waals surface area contributed by atoms with E-state index in [0.717, 1.165) is 27.0 Å². The van der Waals surface area contributed by atoms with Gasteiger partial charge in [0, 0.05) is 17.1 Å². The van der Waals surface area contributed by atoms with Gasteiger partial charge in [-0.25, -0.2) is 8.42 Å². The minimum absolute atomic E-state index is 0.0334. The number of amides is 2. The van der Waals surface area contributed by atoms with E-state index in [9.17, 15) is 18.0 Å². The van der Waals surface area contributed by atoms with Crippen molar-refractivity contribution in [1.29, 1.82) is 0 Å². The third-order valence-corrected chi connectivity index (χ3v) is 6.83. The molecule has 0 aliphatic rings. The van der Waals surface area contributed by atoms with Crippen LogP contribution in [0.2, 0.25) is 0 Å². The molecule has 174 valence electrons. The van der Waals surface area contributed by atoms with E-state index in [4.69, 9.17) is 0 Å². The van der Waals surface area contributed by atoms with Gasteiger partial charge in [0.2, 0.25) is 21.8 Å². The van der Waals surface area contributed by atoms with E-state index in [1.54, 1.807) is 31.2 Å². The predicted molar refractivity (Wildman–Crippen MR) is 131 cm³/mol. The highest BCUT2D eigenvalue weighted by Crippen LogP contribution is 2.21. The summed E-state index contributed by atoms with van der Waals surface area (Å²) in [6, 6.07) is 15.2. The van der Waals surface area contributed by atoms with E-state index < -0.39 is 28.5 Å². The van der Waals surface area contributed by atoms with Crippen LogP contribution in [0.3, 0.4) is 0 Å². The molecular formula is C23H30BrN3O4S. The van der Waals surface area contributed by atoms with E-state index in [1.165, 1.54) is 4.90 Å². The molecule has 9 heteroatoms. The predicted octanol–water partition coefficient (Wildman–Crippen LogP) is 3.55. The standard InChI is InChI=1S/C23H30BrN3O4S/c1-5-17(2)25-23(29)18(3)26(15-19-9-7-6-8-10-19)22(28)16-27(32(4,30)31)21-13-11-20(24)12-14-21/h6-14,17-18H,5,15-16H2,1-4H3,(H,25,29)/t17-,18-/m0/s1. The smallest absolute Gasteiger partial charge is 0.244 e. The SMILES string of the molecule is CC[C@H](C)NC(=O)[C@H](C)N(Cc1ccccc1)C(=O)CN(c1ccc(Br)cc1)S(C)(=O)=O. The molecule has 0 radical (unpaired) electrons. The topological polar surface area (TPSA) is 86.8 Å². The fraction of sp³-hybridized carbons (Fsp3) is 0.391. The maximum atomic E-state index is 13.4. The van der Waals surface area contributed by atoms with Crippen LogP contribution >= 0.6 is 15.9 Å². The number of sulfonamides is 1. The average molecular weight is 524 g/mol. The minimum atomic E-state index is -3.73. The Morgan fingerprint density at radius 1 is 1.03 bits per heavy atom. The highest BCUT2D eigenvalue weighted by Gasteiger charge is 2.30. The monoisotopic (exact) mass is 523 g/mol. The Bertz CT molecular complexity index is 1010. The summed E-state index contributed by atoms with van der Waals surface area (Å²) in [5.74, 6) is -0.743. The fourth-order valence-corrected chi connectivity index (χ4v) is 4.16. The summed E-state index contributed by atoms with van der Waals surface area (Å²) >= 11 is 3.33. The number of carbonyl (C=O) groups excluding carboxylic acids is 2. The molecule has 2 amide bonds. The van der Waals surface area contributed by atoms with Crippen LogP contribution in [-0.2, 0) is 26.2 Å². The van der Waals surface area contributed by atoms with Crippen molar-refractivity contribution in [2.45, 2.75) is 45.8 Å². The molecule has 0 unspecified atom stereocenters. The van der Waals surface area contributed by atoms with Gasteiger partial charge in [0.05, 0.1) is 11.9 Å². The summed E-state index contributed by atoms with van der Waals surface area (Å²) in [6.07, 6.45) is 1.82. The number of carbonyl (C=O) groups is 2. The molecule has 7 nitrogen and oxygen atoms in total. The number of nitrogens with one attached hydrogen (secondary N) is 1. The first-order chi connectivity index (χ1) is 15.0. The molecule has 0 heterocycles. The van der Waals surface area contributed by atoms with Crippen molar-refractivity contribution in [3.63, 3.8) is 0 Å². The molecule has 2 rings (SSSR count). The third-order valence-electron chi connectivity index (χ3n) is 5.16. The van der Waals surface area contributed by atoms with Crippen molar-refractivity contribution in [3.8, 4) is 0 Å². The highest BCUT2D eigenvalue weighted by atomic mass is 79.9. The van der Waals surface area contributed by atoms with Crippen molar-refractivity contribution in [2.75, 3.05) is 17.1 Å². The van der Waals surface area contributed by atoms with Crippen LogP contribution < -0.4 is 9.62 Å². The van der Waals surface area contributed by atoms with Gasteiger partial charge >= 0.3 is 0 Å². The number of hydrogen-bond donors (Lipinski definition) is 1. The zero-order valence-corrected chi connectivity index (χ0v) is 21.2.